The first kappa shape index (κ1) is 16.4. The molecule has 0 radical (unpaired) electrons. The van der Waals surface area contributed by atoms with Gasteiger partial charge < -0.3 is 10.2 Å². The van der Waals surface area contributed by atoms with Crippen molar-refractivity contribution in [3.63, 3.8) is 0 Å². The van der Waals surface area contributed by atoms with Crippen LogP contribution in [-0.4, -0.2) is 48.0 Å². The molecule has 0 bridgehead atoms. The molecule has 1 aromatic carbocycles. The maximum atomic E-state index is 13.2. The second-order valence-corrected chi connectivity index (χ2v) is 5.89. The molecular formula is C18H21FN4O. The summed E-state index contributed by atoms with van der Waals surface area (Å²) in [6.45, 7) is 5.11. The molecule has 1 aromatic heterocycles. The molecule has 1 N–H and O–H groups in total. The zero-order chi connectivity index (χ0) is 16.9. The summed E-state index contributed by atoms with van der Waals surface area (Å²) in [5, 5.41) is 2.78. The second-order valence-electron chi connectivity index (χ2n) is 5.89. The fraction of sp³-hybridized carbons (Fsp3) is 0.333. The smallest absolute Gasteiger partial charge is 0.241 e. The van der Waals surface area contributed by atoms with E-state index in [-0.39, 0.29) is 17.8 Å². The third-order valence-electron chi connectivity index (χ3n) is 4.31. The average Bonchev–Trinajstić information content (AvgIpc) is 2.62. The van der Waals surface area contributed by atoms with Crippen LogP contribution in [0.3, 0.4) is 0 Å². The van der Waals surface area contributed by atoms with Crippen molar-refractivity contribution in [1.29, 1.82) is 0 Å². The number of carbonyl (C=O) groups excluding carboxylic acids is 1. The van der Waals surface area contributed by atoms with E-state index in [1.54, 1.807) is 18.3 Å². The number of benzene rings is 1. The van der Waals surface area contributed by atoms with E-state index in [1.807, 2.05) is 25.1 Å². The molecule has 0 spiro atoms. The lowest BCUT2D eigenvalue weighted by Crippen LogP contribution is -2.53. The van der Waals surface area contributed by atoms with Crippen molar-refractivity contribution in [3.05, 3.63) is 54.5 Å². The highest BCUT2D eigenvalue weighted by atomic mass is 19.1. The summed E-state index contributed by atoms with van der Waals surface area (Å²) < 4.78 is 13.2. The van der Waals surface area contributed by atoms with Crippen LogP contribution in [0.1, 0.15) is 6.92 Å². The minimum absolute atomic E-state index is 0.119. The topological polar surface area (TPSA) is 48.5 Å². The van der Waals surface area contributed by atoms with Crippen LogP contribution in [-0.2, 0) is 4.79 Å². The van der Waals surface area contributed by atoms with Crippen LogP contribution >= 0.6 is 0 Å². The molecule has 0 aliphatic carbocycles. The molecule has 1 aliphatic heterocycles. The van der Waals surface area contributed by atoms with E-state index in [1.165, 1.54) is 12.1 Å². The number of nitrogens with one attached hydrogen (secondary N) is 1. The number of rotatable bonds is 4. The quantitative estimate of drug-likeness (QED) is 0.936. The first-order valence-corrected chi connectivity index (χ1v) is 8.10. The molecule has 1 atom stereocenters. The highest BCUT2D eigenvalue weighted by Gasteiger charge is 2.26. The highest BCUT2D eigenvalue weighted by Crippen LogP contribution is 2.15. The van der Waals surface area contributed by atoms with Crippen LogP contribution in [0.2, 0.25) is 0 Å². The molecule has 1 aliphatic rings. The van der Waals surface area contributed by atoms with Gasteiger partial charge in [-0.25, -0.2) is 9.37 Å². The maximum Gasteiger partial charge on any atom is 0.241 e. The maximum absolute atomic E-state index is 13.2. The zero-order valence-corrected chi connectivity index (χ0v) is 13.7. The van der Waals surface area contributed by atoms with Crippen LogP contribution in [0.25, 0.3) is 0 Å². The van der Waals surface area contributed by atoms with Crippen LogP contribution in [0.15, 0.2) is 48.7 Å². The number of hydrogen-bond acceptors (Lipinski definition) is 4. The molecule has 0 unspecified atom stereocenters. The Bertz CT molecular complexity index is 686. The van der Waals surface area contributed by atoms with Gasteiger partial charge in [-0.05, 0) is 37.3 Å². The van der Waals surface area contributed by atoms with E-state index >= 15 is 0 Å². The SMILES string of the molecule is C[C@@H](C(=O)Nc1cccc(F)c1)N1CCN(c2ccccn2)CC1. The molecule has 24 heavy (non-hydrogen) atoms. The summed E-state index contributed by atoms with van der Waals surface area (Å²) in [5.41, 5.74) is 0.485. The normalized spacial score (nSPS) is 16.7. The number of hydrogen-bond donors (Lipinski definition) is 1. The van der Waals surface area contributed by atoms with Crippen molar-refractivity contribution >= 4 is 17.4 Å². The molecule has 2 heterocycles. The molecule has 1 amide bonds. The Morgan fingerprint density at radius 2 is 1.96 bits per heavy atom. The number of pyridine rings is 1. The second kappa shape index (κ2) is 7.40. The third-order valence-corrected chi connectivity index (χ3v) is 4.31. The van der Waals surface area contributed by atoms with Crippen LogP contribution in [0.5, 0.6) is 0 Å². The number of amides is 1. The molecule has 1 saturated heterocycles. The predicted molar refractivity (Wildman–Crippen MR) is 92.5 cm³/mol. The van der Waals surface area contributed by atoms with Crippen molar-refractivity contribution in [2.45, 2.75) is 13.0 Å². The Labute approximate surface area is 141 Å². The Kier molecular flexibility index (Phi) is 5.05. The first-order valence-electron chi connectivity index (χ1n) is 8.10. The fourth-order valence-electron chi connectivity index (χ4n) is 2.86. The number of carbonyl (C=O) groups is 1. The minimum atomic E-state index is -0.357. The Morgan fingerprint density at radius 1 is 1.17 bits per heavy atom. The Balaban J connectivity index is 1.55. The molecule has 5 nitrogen and oxygen atoms in total. The Morgan fingerprint density at radius 3 is 2.62 bits per heavy atom. The summed E-state index contributed by atoms with van der Waals surface area (Å²) in [4.78, 5) is 21.1. The summed E-state index contributed by atoms with van der Waals surface area (Å²) in [7, 11) is 0. The van der Waals surface area contributed by atoms with Crippen molar-refractivity contribution in [3.8, 4) is 0 Å². The van der Waals surface area contributed by atoms with Crippen LogP contribution < -0.4 is 10.2 Å². The molecule has 3 rings (SSSR count). The van der Waals surface area contributed by atoms with Gasteiger partial charge in [0.15, 0.2) is 0 Å². The van der Waals surface area contributed by atoms with Crippen LogP contribution in [0, 0.1) is 5.82 Å². The van der Waals surface area contributed by atoms with Gasteiger partial charge in [-0.2, -0.15) is 0 Å². The van der Waals surface area contributed by atoms with Gasteiger partial charge in [0.1, 0.15) is 11.6 Å². The summed E-state index contributed by atoms with van der Waals surface area (Å²) in [5.74, 6) is 0.491. The standard InChI is InChI=1S/C18H21FN4O/c1-14(18(24)21-16-6-4-5-15(19)13-16)22-9-11-23(12-10-22)17-7-2-3-8-20-17/h2-8,13-14H,9-12H2,1H3,(H,21,24)/t14-/m0/s1. The van der Waals surface area contributed by atoms with Gasteiger partial charge in [-0.1, -0.05) is 12.1 Å². The van der Waals surface area contributed by atoms with Crippen molar-refractivity contribution < 1.29 is 9.18 Å². The van der Waals surface area contributed by atoms with E-state index in [0.29, 0.717) is 5.69 Å². The number of halogens is 1. The van der Waals surface area contributed by atoms with Gasteiger partial charge in [-0.3, -0.25) is 9.69 Å². The number of piperazine rings is 1. The molecule has 1 fully saturated rings. The summed E-state index contributed by atoms with van der Waals surface area (Å²) in [6, 6.07) is 11.6. The largest absolute Gasteiger partial charge is 0.354 e. The van der Waals surface area contributed by atoms with Crippen molar-refractivity contribution in [2.75, 3.05) is 36.4 Å². The van der Waals surface area contributed by atoms with Crippen LogP contribution in [0.4, 0.5) is 15.9 Å². The molecule has 126 valence electrons. The third kappa shape index (κ3) is 3.89. The predicted octanol–water partition coefficient (Wildman–Crippen LogP) is 2.37. The minimum Gasteiger partial charge on any atom is -0.354 e. The summed E-state index contributed by atoms with van der Waals surface area (Å²) in [6.07, 6.45) is 1.79. The van der Waals surface area contributed by atoms with E-state index in [4.69, 9.17) is 0 Å². The molecule has 2 aromatic rings. The first-order chi connectivity index (χ1) is 11.6. The van der Waals surface area contributed by atoms with E-state index in [9.17, 15) is 9.18 Å². The Hall–Kier alpha value is -2.47. The fourth-order valence-corrected chi connectivity index (χ4v) is 2.86. The molecule has 0 saturated carbocycles. The van der Waals surface area contributed by atoms with E-state index in [0.717, 1.165) is 32.0 Å². The highest BCUT2D eigenvalue weighted by molar-refractivity contribution is 5.94. The zero-order valence-electron chi connectivity index (χ0n) is 13.7. The summed E-state index contributed by atoms with van der Waals surface area (Å²) >= 11 is 0. The molecular weight excluding hydrogens is 307 g/mol. The van der Waals surface area contributed by atoms with Crippen molar-refractivity contribution in [1.82, 2.24) is 9.88 Å². The van der Waals surface area contributed by atoms with Crippen molar-refractivity contribution in [2.24, 2.45) is 0 Å². The van der Waals surface area contributed by atoms with E-state index < -0.39 is 0 Å². The van der Waals surface area contributed by atoms with Gasteiger partial charge in [0.2, 0.25) is 5.91 Å². The van der Waals surface area contributed by atoms with E-state index in [2.05, 4.69) is 20.1 Å². The number of nitrogens with zero attached hydrogens (tertiary/aromatic N) is 3. The average molecular weight is 328 g/mol. The van der Waals surface area contributed by atoms with Gasteiger partial charge in [0.05, 0.1) is 6.04 Å². The van der Waals surface area contributed by atoms with Gasteiger partial charge >= 0.3 is 0 Å². The van der Waals surface area contributed by atoms with Gasteiger partial charge in [-0.15, -0.1) is 0 Å². The monoisotopic (exact) mass is 328 g/mol. The van der Waals surface area contributed by atoms with Gasteiger partial charge in [0, 0.05) is 38.1 Å². The van der Waals surface area contributed by atoms with Gasteiger partial charge in [0.25, 0.3) is 0 Å². The number of aromatic nitrogens is 1. The number of anilines is 2. The lowest BCUT2D eigenvalue weighted by molar-refractivity contribution is -0.120. The lowest BCUT2D eigenvalue weighted by atomic mass is 10.2. The molecule has 6 heteroatoms. The lowest BCUT2D eigenvalue weighted by Gasteiger charge is -2.37.